The molecule has 3 aromatic carbocycles. The summed E-state index contributed by atoms with van der Waals surface area (Å²) in [4.78, 5) is 17.1. The molecule has 1 aliphatic rings. The number of amides is 1. The van der Waals surface area contributed by atoms with E-state index >= 15 is 0 Å². The molecule has 0 N–H and O–H groups in total. The zero-order chi connectivity index (χ0) is 24.3. The third kappa shape index (κ3) is 5.66. The zero-order valence-corrected chi connectivity index (χ0v) is 21.0. The van der Waals surface area contributed by atoms with E-state index in [2.05, 4.69) is 4.90 Å². The number of rotatable bonds is 6. The summed E-state index contributed by atoms with van der Waals surface area (Å²) in [6.45, 7) is 2.72. The minimum Gasteiger partial charge on any atom is -0.368 e. The molecule has 1 fully saturated rings. The Morgan fingerprint density at radius 3 is 2.21 bits per heavy atom. The van der Waals surface area contributed by atoms with E-state index in [1.54, 1.807) is 42.5 Å². The van der Waals surface area contributed by atoms with Crippen molar-refractivity contribution >= 4 is 50.5 Å². The lowest BCUT2D eigenvalue weighted by Crippen LogP contribution is -2.48. The topological polar surface area (TPSA) is 60.9 Å². The Labute approximate surface area is 210 Å². The normalized spacial score (nSPS) is 14.2. The molecule has 9 heteroatoms. The number of benzene rings is 3. The predicted molar refractivity (Wildman–Crippen MR) is 138 cm³/mol. The number of anilines is 2. The average molecular weight is 518 g/mol. The van der Waals surface area contributed by atoms with Gasteiger partial charge in [0, 0.05) is 47.5 Å². The van der Waals surface area contributed by atoms with E-state index in [9.17, 15) is 13.2 Å². The summed E-state index contributed by atoms with van der Waals surface area (Å²) in [5.41, 5.74) is 2.74. The number of carbonyl (C=O) groups excluding carboxylic acids is 1. The number of nitrogens with zero attached hydrogens (tertiary/aromatic N) is 3. The number of carbonyl (C=O) groups is 1. The molecule has 4 rings (SSSR count). The highest BCUT2D eigenvalue weighted by molar-refractivity contribution is 7.92. The van der Waals surface area contributed by atoms with Crippen molar-refractivity contribution in [2.45, 2.75) is 6.54 Å². The van der Waals surface area contributed by atoms with Crippen LogP contribution in [0.4, 0.5) is 11.4 Å². The van der Waals surface area contributed by atoms with E-state index in [-0.39, 0.29) is 12.5 Å². The molecule has 0 saturated carbocycles. The molecule has 34 heavy (non-hydrogen) atoms. The molecule has 0 bridgehead atoms. The summed E-state index contributed by atoms with van der Waals surface area (Å²) in [5, 5.41) is 1.19. The molecule has 0 unspecified atom stereocenters. The Kier molecular flexibility index (Phi) is 7.36. The molecule has 1 amide bonds. The number of halogens is 2. The molecule has 0 atom stereocenters. The smallest absolute Gasteiger partial charge is 0.253 e. The lowest BCUT2D eigenvalue weighted by molar-refractivity contribution is 0.0747. The third-order valence-electron chi connectivity index (χ3n) is 5.81. The van der Waals surface area contributed by atoms with E-state index in [0.29, 0.717) is 53.0 Å². The minimum atomic E-state index is -3.56. The minimum absolute atomic E-state index is 0.0747. The molecule has 1 aliphatic heterocycles. The van der Waals surface area contributed by atoms with Crippen LogP contribution in [0.1, 0.15) is 15.9 Å². The maximum atomic E-state index is 13.0. The maximum Gasteiger partial charge on any atom is 0.253 e. The first-order chi connectivity index (χ1) is 16.2. The van der Waals surface area contributed by atoms with Gasteiger partial charge >= 0.3 is 0 Å². The summed E-state index contributed by atoms with van der Waals surface area (Å²) < 4.78 is 26.2. The van der Waals surface area contributed by atoms with Crippen molar-refractivity contribution in [1.29, 1.82) is 0 Å². The lowest BCUT2D eigenvalue weighted by atomic mass is 10.1. The largest absolute Gasteiger partial charge is 0.368 e. The van der Waals surface area contributed by atoms with Gasteiger partial charge in [0.2, 0.25) is 10.0 Å². The van der Waals surface area contributed by atoms with Crippen LogP contribution in [-0.2, 0) is 16.6 Å². The van der Waals surface area contributed by atoms with Gasteiger partial charge in [-0.15, -0.1) is 0 Å². The van der Waals surface area contributed by atoms with Gasteiger partial charge in [-0.05, 0) is 54.1 Å². The second kappa shape index (κ2) is 10.3. The molecule has 3 aromatic rings. The summed E-state index contributed by atoms with van der Waals surface area (Å²) >= 11 is 12.3. The van der Waals surface area contributed by atoms with Crippen molar-refractivity contribution < 1.29 is 13.2 Å². The first kappa shape index (κ1) is 24.4. The highest BCUT2D eigenvalue weighted by atomic mass is 35.5. The molecule has 0 radical (unpaired) electrons. The van der Waals surface area contributed by atoms with Crippen LogP contribution in [-0.4, -0.2) is 51.7 Å². The Balaban J connectivity index is 1.45. The van der Waals surface area contributed by atoms with Gasteiger partial charge in [-0.3, -0.25) is 9.10 Å². The summed E-state index contributed by atoms with van der Waals surface area (Å²) in [5.74, 6) is -0.0747. The highest BCUT2D eigenvalue weighted by Gasteiger charge is 2.24. The SMILES string of the molecule is CS(=O)(=O)N(Cc1ccccc1Cl)c1ccc(C(=O)N2CCN(c3cccc(Cl)c3)CC2)cc1. The van der Waals surface area contributed by atoms with Crippen LogP contribution >= 0.6 is 23.2 Å². The van der Waals surface area contributed by atoms with Crippen LogP contribution in [0.25, 0.3) is 0 Å². The molecular weight excluding hydrogens is 493 g/mol. The Bertz CT molecular complexity index is 1270. The number of hydrogen-bond acceptors (Lipinski definition) is 4. The molecule has 1 saturated heterocycles. The van der Waals surface area contributed by atoms with Crippen LogP contribution in [0.2, 0.25) is 10.0 Å². The van der Waals surface area contributed by atoms with Crippen molar-refractivity contribution in [3.8, 4) is 0 Å². The molecule has 0 aromatic heterocycles. The first-order valence-corrected chi connectivity index (χ1v) is 13.4. The van der Waals surface area contributed by atoms with Gasteiger partial charge in [-0.1, -0.05) is 47.5 Å². The van der Waals surface area contributed by atoms with Gasteiger partial charge in [0.05, 0.1) is 18.5 Å². The van der Waals surface area contributed by atoms with Gasteiger partial charge in [0.1, 0.15) is 0 Å². The molecular formula is C25H25Cl2N3O3S. The Morgan fingerprint density at radius 1 is 0.912 bits per heavy atom. The number of hydrogen-bond donors (Lipinski definition) is 0. The number of piperazine rings is 1. The highest BCUT2D eigenvalue weighted by Crippen LogP contribution is 2.25. The van der Waals surface area contributed by atoms with E-state index in [0.717, 1.165) is 11.9 Å². The molecule has 0 spiro atoms. The van der Waals surface area contributed by atoms with Gasteiger partial charge < -0.3 is 9.80 Å². The van der Waals surface area contributed by atoms with Gasteiger partial charge in [-0.2, -0.15) is 0 Å². The Morgan fingerprint density at radius 2 is 1.59 bits per heavy atom. The van der Waals surface area contributed by atoms with Crippen molar-refractivity contribution in [1.82, 2.24) is 4.90 Å². The van der Waals surface area contributed by atoms with Crippen LogP contribution in [0, 0.1) is 0 Å². The quantitative estimate of drug-likeness (QED) is 0.465. The first-order valence-electron chi connectivity index (χ1n) is 10.8. The monoisotopic (exact) mass is 517 g/mol. The van der Waals surface area contributed by atoms with Crippen LogP contribution in [0.15, 0.2) is 72.8 Å². The van der Waals surface area contributed by atoms with E-state index in [1.165, 1.54) is 4.31 Å². The summed E-state index contributed by atoms with van der Waals surface area (Å²) in [7, 11) is -3.56. The van der Waals surface area contributed by atoms with Crippen molar-refractivity contribution in [3.05, 3.63) is 94.0 Å². The van der Waals surface area contributed by atoms with Crippen molar-refractivity contribution in [2.24, 2.45) is 0 Å². The fourth-order valence-electron chi connectivity index (χ4n) is 3.97. The maximum absolute atomic E-state index is 13.0. The Hall–Kier alpha value is -2.74. The zero-order valence-electron chi connectivity index (χ0n) is 18.7. The molecule has 6 nitrogen and oxygen atoms in total. The predicted octanol–water partition coefficient (Wildman–Crippen LogP) is 4.92. The summed E-state index contributed by atoms with van der Waals surface area (Å²) in [6, 6.07) is 21.5. The third-order valence-corrected chi connectivity index (χ3v) is 7.56. The lowest BCUT2D eigenvalue weighted by Gasteiger charge is -2.36. The van der Waals surface area contributed by atoms with Gasteiger partial charge in [-0.25, -0.2) is 8.42 Å². The van der Waals surface area contributed by atoms with Crippen molar-refractivity contribution in [2.75, 3.05) is 41.6 Å². The fourth-order valence-corrected chi connectivity index (χ4v) is 5.23. The second-order valence-corrected chi connectivity index (χ2v) is 10.9. The fraction of sp³-hybridized carbons (Fsp3) is 0.240. The van der Waals surface area contributed by atoms with Crippen LogP contribution in [0.5, 0.6) is 0 Å². The standard InChI is InChI=1S/C25H25Cl2N3O3S/c1-34(32,33)30(18-20-5-2-3-8-24(20)27)22-11-9-19(10-12-22)25(31)29-15-13-28(14-16-29)23-7-4-6-21(26)17-23/h2-12,17H,13-16,18H2,1H3. The van der Waals surface area contributed by atoms with Gasteiger partial charge in [0.25, 0.3) is 5.91 Å². The molecule has 178 valence electrons. The molecule has 1 heterocycles. The number of sulfonamides is 1. The van der Waals surface area contributed by atoms with Crippen LogP contribution in [0.3, 0.4) is 0 Å². The van der Waals surface area contributed by atoms with E-state index in [1.807, 2.05) is 35.2 Å². The average Bonchev–Trinajstić information content (AvgIpc) is 2.83. The molecule has 0 aliphatic carbocycles. The second-order valence-electron chi connectivity index (χ2n) is 8.17. The summed E-state index contributed by atoms with van der Waals surface area (Å²) in [6.07, 6.45) is 1.16. The van der Waals surface area contributed by atoms with E-state index in [4.69, 9.17) is 23.2 Å². The van der Waals surface area contributed by atoms with Crippen molar-refractivity contribution in [3.63, 3.8) is 0 Å². The van der Waals surface area contributed by atoms with Crippen LogP contribution < -0.4 is 9.21 Å². The van der Waals surface area contributed by atoms with Gasteiger partial charge in [0.15, 0.2) is 0 Å². The van der Waals surface area contributed by atoms with E-state index < -0.39 is 10.0 Å².